The maximum absolute atomic E-state index is 13.4. The van der Waals surface area contributed by atoms with Crippen LogP contribution < -0.4 is 0 Å². The first-order chi connectivity index (χ1) is 14.1. The minimum Gasteiger partial charge on any atom is -0.393 e. The van der Waals surface area contributed by atoms with E-state index in [4.69, 9.17) is 0 Å². The van der Waals surface area contributed by atoms with E-state index < -0.39 is 0 Å². The second kappa shape index (κ2) is 8.05. The molecule has 3 saturated carbocycles. The highest BCUT2D eigenvalue weighted by Gasteiger charge is 2.61. The highest BCUT2D eigenvalue weighted by molar-refractivity contribution is 5.94. The van der Waals surface area contributed by atoms with Gasteiger partial charge in [-0.1, -0.05) is 60.0 Å². The molecule has 4 aliphatic rings. The van der Waals surface area contributed by atoms with Gasteiger partial charge in [-0.05, 0) is 97.4 Å². The summed E-state index contributed by atoms with van der Waals surface area (Å²) >= 11 is 0. The molecule has 3 fully saturated rings. The van der Waals surface area contributed by atoms with Crippen LogP contribution in [0, 0.1) is 52.3 Å². The van der Waals surface area contributed by atoms with Crippen molar-refractivity contribution < 1.29 is 9.90 Å². The number of carbonyl (C=O) groups is 1. The van der Waals surface area contributed by atoms with Gasteiger partial charge in [-0.15, -0.1) is 0 Å². The molecule has 4 rings (SSSR count). The Bertz CT molecular complexity index is 693. The lowest BCUT2D eigenvalue weighted by atomic mass is 9.46. The fourth-order valence-electron chi connectivity index (χ4n) is 8.42. The number of allylic oxidation sites excluding steroid dienone is 1. The summed E-state index contributed by atoms with van der Waals surface area (Å²) in [6.07, 6.45) is 12.2. The maximum Gasteiger partial charge on any atom is 0.159 e. The second-order valence-corrected chi connectivity index (χ2v) is 12.6. The first kappa shape index (κ1) is 22.6. The number of fused-ring (bicyclic) bond motifs is 5. The van der Waals surface area contributed by atoms with Crippen LogP contribution in [-0.2, 0) is 4.79 Å². The second-order valence-electron chi connectivity index (χ2n) is 12.6. The Balaban J connectivity index is 1.54. The third-order valence-corrected chi connectivity index (χ3v) is 10.9. The van der Waals surface area contributed by atoms with Crippen molar-refractivity contribution >= 4 is 5.78 Å². The van der Waals surface area contributed by atoms with Crippen LogP contribution >= 0.6 is 0 Å². The van der Waals surface area contributed by atoms with E-state index in [2.05, 4.69) is 41.5 Å². The number of aliphatic hydroxyl groups is 1. The minimum absolute atomic E-state index is 0.148. The van der Waals surface area contributed by atoms with Gasteiger partial charge in [0, 0.05) is 5.92 Å². The third-order valence-electron chi connectivity index (χ3n) is 10.9. The minimum atomic E-state index is -0.243. The van der Waals surface area contributed by atoms with Crippen LogP contribution in [0.2, 0.25) is 0 Å². The number of aliphatic hydroxyl groups excluding tert-OH is 1. The number of carbonyl (C=O) groups excluding carboxylic acids is 1. The molecule has 30 heavy (non-hydrogen) atoms. The average Bonchev–Trinajstić information content (AvgIpc) is 3.04. The van der Waals surface area contributed by atoms with E-state index in [0.717, 1.165) is 42.9 Å². The predicted molar refractivity (Wildman–Crippen MR) is 124 cm³/mol. The first-order valence-electron chi connectivity index (χ1n) is 13.0. The van der Waals surface area contributed by atoms with Crippen LogP contribution in [0.25, 0.3) is 0 Å². The number of hydrogen-bond acceptors (Lipinski definition) is 2. The molecule has 0 aliphatic heterocycles. The molecule has 0 unspecified atom stereocenters. The fraction of sp³-hybridized carbons (Fsp3) is 0.893. The molecule has 0 heterocycles. The molecule has 1 N–H and O–H groups in total. The van der Waals surface area contributed by atoms with Gasteiger partial charge >= 0.3 is 0 Å². The van der Waals surface area contributed by atoms with Crippen molar-refractivity contribution in [1.29, 1.82) is 0 Å². The Morgan fingerprint density at radius 3 is 2.43 bits per heavy atom. The van der Waals surface area contributed by atoms with E-state index in [-0.39, 0.29) is 17.4 Å². The molecule has 9 atom stereocenters. The fourth-order valence-corrected chi connectivity index (χ4v) is 8.42. The lowest BCUT2D eigenvalue weighted by Crippen LogP contribution is -2.53. The molecule has 0 aromatic heterocycles. The molecule has 0 bridgehead atoms. The molecule has 0 aromatic carbocycles. The van der Waals surface area contributed by atoms with Gasteiger partial charge in [-0.25, -0.2) is 0 Å². The summed E-state index contributed by atoms with van der Waals surface area (Å²) in [6, 6.07) is 0. The molecule has 170 valence electrons. The maximum atomic E-state index is 13.4. The molecular weight excluding hydrogens is 368 g/mol. The largest absolute Gasteiger partial charge is 0.393 e. The Morgan fingerprint density at radius 1 is 1.00 bits per heavy atom. The van der Waals surface area contributed by atoms with Gasteiger partial charge in [-0.3, -0.25) is 4.79 Å². The van der Waals surface area contributed by atoms with Gasteiger partial charge in [-0.2, -0.15) is 0 Å². The van der Waals surface area contributed by atoms with Crippen molar-refractivity contribution in [2.45, 2.75) is 105 Å². The number of rotatable bonds is 5. The van der Waals surface area contributed by atoms with E-state index >= 15 is 0 Å². The van der Waals surface area contributed by atoms with Crippen LogP contribution in [0.4, 0.5) is 0 Å². The molecule has 0 saturated heterocycles. The van der Waals surface area contributed by atoms with Gasteiger partial charge < -0.3 is 5.11 Å². The van der Waals surface area contributed by atoms with Crippen LogP contribution in [0.15, 0.2) is 11.6 Å². The van der Waals surface area contributed by atoms with Crippen molar-refractivity contribution in [3.63, 3.8) is 0 Å². The van der Waals surface area contributed by atoms with E-state index in [0.29, 0.717) is 23.0 Å². The van der Waals surface area contributed by atoms with Crippen molar-refractivity contribution in [2.24, 2.45) is 52.3 Å². The Morgan fingerprint density at radius 2 is 1.73 bits per heavy atom. The molecule has 0 radical (unpaired) electrons. The first-order valence-corrected chi connectivity index (χ1v) is 13.0. The Labute approximate surface area is 185 Å². The van der Waals surface area contributed by atoms with Crippen molar-refractivity contribution in [1.82, 2.24) is 0 Å². The van der Waals surface area contributed by atoms with Crippen LogP contribution in [0.1, 0.15) is 99.3 Å². The highest BCUT2D eigenvalue weighted by Crippen LogP contribution is 2.66. The van der Waals surface area contributed by atoms with E-state index in [1.807, 2.05) is 6.08 Å². The number of hydrogen-bond donors (Lipinski definition) is 1. The molecule has 0 spiro atoms. The summed E-state index contributed by atoms with van der Waals surface area (Å²) in [5.41, 5.74) is 1.75. The molecule has 4 aliphatic carbocycles. The molecular formula is C28H46O2. The normalized spacial score (nSPS) is 45.4. The van der Waals surface area contributed by atoms with Crippen LogP contribution in [-0.4, -0.2) is 17.0 Å². The summed E-state index contributed by atoms with van der Waals surface area (Å²) < 4.78 is 0. The molecule has 0 aromatic rings. The summed E-state index contributed by atoms with van der Waals surface area (Å²) in [6.45, 7) is 14.6. The highest BCUT2D eigenvalue weighted by atomic mass is 16.3. The van der Waals surface area contributed by atoms with Crippen molar-refractivity contribution in [2.75, 3.05) is 0 Å². The molecule has 2 heteroatoms. The standard InChI is InChI=1S/C28H46O2/c1-17(2)18(3)7-8-19(4)22-9-10-23-26-24(12-14-28(22,23)6)27(5)13-11-21(29)15-20(27)16-25(26)30/h16-19,21-24,26,29H,7-15H2,1-6H3/t18-,19+,21-,22+,23-,24-,26-,27-,28+/m0/s1. The SMILES string of the molecule is CC(C)[C@@H](C)CC[C@@H](C)[C@H]1CC[C@H]2[C@@H]3C(=O)C=C4C[C@@H](O)CC[C@]4(C)[C@H]3CC[C@]12C. The lowest BCUT2D eigenvalue weighted by Gasteiger charge is -2.57. The van der Waals surface area contributed by atoms with Crippen LogP contribution in [0.3, 0.4) is 0 Å². The Kier molecular flexibility index (Phi) is 6.06. The monoisotopic (exact) mass is 414 g/mol. The van der Waals surface area contributed by atoms with Crippen molar-refractivity contribution in [3.05, 3.63) is 11.6 Å². The van der Waals surface area contributed by atoms with E-state index in [1.165, 1.54) is 44.1 Å². The average molecular weight is 415 g/mol. The quantitative estimate of drug-likeness (QED) is 0.536. The van der Waals surface area contributed by atoms with Crippen LogP contribution in [0.5, 0.6) is 0 Å². The Hall–Kier alpha value is -0.630. The van der Waals surface area contributed by atoms with Gasteiger partial charge in [0.05, 0.1) is 6.10 Å². The summed E-state index contributed by atoms with van der Waals surface area (Å²) in [4.78, 5) is 13.4. The molecule has 2 nitrogen and oxygen atoms in total. The zero-order chi connectivity index (χ0) is 21.8. The number of ketones is 1. The van der Waals surface area contributed by atoms with E-state index in [9.17, 15) is 9.90 Å². The van der Waals surface area contributed by atoms with Crippen molar-refractivity contribution in [3.8, 4) is 0 Å². The van der Waals surface area contributed by atoms with E-state index in [1.54, 1.807) is 0 Å². The zero-order valence-electron chi connectivity index (χ0n) is 20.4. The zero-order valence-corrected chi connectivity index (χ0v) is 20.4. The summed E-state index contributed by atoms with van der Waals surface area (Å²) in [5.74, 6) is 4.84. The smallest absolute Gasteiger partial charge is 0.159 e. The summed E-state index contributed by atoms with van der Waals surface area (Å²) in [7, 11) is 0. The molecule has 0 amide bonds. The lowest BCUT2D eigenvalue weighted by molar-refractivity contribution is -0.135. The van der Waals surface area contributed by atoms with Gasteiger partial charge in [0.25, 0.3) is 0 Å². The van der Waals surface area contributed by atoms with Gasteiger partial charge in [0.15, 0.2) is 5.78 Å². The topological polar surface area (TPSA) is 37.3 Å². The summed E-state index contributed by atoms with van der Waals surface area (Å²) in [5, 5.41) is 10.2. The predicted octanol–water partition coefficient (Wildman–Crippen LogP) is 6.81. The van der Waals surface area contributed by atoms with Gasteiger partial charge in [0.1, 0.15) is 0 Å². The van der Waals surface area contributed by atoms with Gasteiger partial charge in [0.2, 0.25) is 0 Å². The third kappa shape index (κ3) is 3.54.